The van der Waals surface area contributed by atoms with Crippen LogP contribution >= 0.6 is 11.3 Å². The van der Waals surface area contributed by atoms with Crippen LogP contribution in [0.4, 0.5) is 0 Å². The van der Waals surface area contributed by atoms with Gasteiger partial charge < -0.3 is 10.1 Å². The average Bonchev–Trinajstić information content (AvgIpc) is 2.63. The van der Waals surface area contributed by atoms with E-state index in [1.807, 2.05) is 5.38 Å². The number of ether oxygens (including phenoxy) is 1. The van der Waals surface area contributed by atoms with E-state index in [4.69, 9.17) is 4.74 Å². The quantitative estimate of drug-likeness (QED) is 0.732. The lowest BCUT2D eigenvalue weighted by atomic mass is 10.1. The summed E-state index contributed by atoms with van der Waals surface area (Å²) in [6, 6.07) is 2.07. The van der Waals surface area contributed by atoms with E-state index in [9.17, 15) is 4.79 Å². The number of likely N-dealkylation sites (N-methyl/N-ethyl adjacent to an activating group) is 1. The molecule has 13 heavy (non-hydrogen) atoms. The van der Waals surface area contributed by atoms with Gasteiger partial charge in [-0.3, -0.25) is 4.79 Å². The van der Waals surface area contributed by atoms with Crippen molar-refractivity contribution in [3.63, 3.8) is 0 Å². The summed E-state index contributed by atoms with van der Waals surface area (Å²) in [6.45, 7) is 0.641. The van der Waals surface area contributed by atoms with Gasteiger partial charge in [0.1, 0.15) is 0 Å². The fourth-order valence-electron chi connectivity index (χ4n) is 1.47. The molecule has 2 heterocycles. The molecule has 1 N–H and O–H groups in total. The van der Waals surface area contributed by atoms with Gasteiger partial charge in [-0.1, -0.05) is 0 Å². The fourth-order valence-corrected chi connectivity index (χ4v) is 2.47. The molecule has 0 bridgehead atoms. The summed E-state index contributed by atoms with van der Waals surface area (Å²) in [5.74, 6) is -0.0524. The molecule has 0 saturated heterocycles. The van der Waals surface area contributed by atoms with Gasteiger partial charge in [-0.05, 0) is 23.4 Å². The van der Waals surface area contributed by atoms with E-state index < -0.39 is 0 Å². The summed E-state index contributed by atoms with van der Waals surface area (Å²) in [5.41, 5.74) is 1.25. The lowest BCUT2D eigenvalue weighted by molar-refractivity contribution is -0.133. The Balaban J connectivity index is 2.30. The normalized spacial score (nSPS) is 20.8. The summed E-state index contributed by atoms with van der Waals surface area (Å²) in [5, 5.41) is 4.62. The van der Waals surface area contributed by atoms with Crippen molar-refractivity contribution in [3.05, 3.63) is 21.9 Å². The monoisotopic (exact) mass is 197 g/mol. The number of nitrogens with one attached hydrogen (secondary N) is 1. The maximum atomic E-state index is 11.4. The largest absolute Gasteiger partial charge is 0.362 e. The highest BCUT2D eigenvalue weighted by atomic mass is 32.1. The van der Waals surface area contributed by atoms with Gasteiger partial charge in [-0.2, -0.15) is 0 Å². The molecule has 2 rings (SSSR count). The van der Waals surface area contributed by atoms with Crippen molar-refractivity contribution in [2.24, 2.45) is 0 Å². The van der Waals surface area contributed by atoms with E-state index in [1.54, 1.807) is 18.4 Å². The molecule has 1 aromatic rings. The van der Waals surface area contributed by atoms with Crippen LogP contribution < -0.4 is 5.32 Å². The number of hydrogen-bond donors (Lipinski definition) is 1. The van der Waals surface area contributed by atoms with E-state index in [0.29, 0.717) is 6.61 Å². The van der Waals surface area contributed by atoms with Crippen LogP contribution in [0.3, 0.4) is 0 Å². The summed E-state index contributed by atoms with van der Waals surface area (Å²) in [4.78, 5) is 12.5. The molecule has 0 saturated carbocycles. The highest BCUT2D eigenvalue weighted by Crippen LogP contribution is 2.31. The Morgan fingerprint density at radius 1 is 1.77 bits per heavy atom. The zero-order valence-electron chi connectivity index (χ0n) is 7.37. The molecular weight excluding hydrogens is 186 g/mol. The Morgan fingerprint density at radius 2 is 2.62 bits per heavy atom. The molecule has 0 aromatic carbocycles. The molecule has 0 spiro atoms. The van der Waals surface area contributed by atoms with Crippen LogP contribution in [0.2, 0.25) is 0 Å². The minimum Gasteiger partial charge on any atom is -0.362 e. The van der Waals surface area contributed by atoms with Crippen molar-refractivity contribution in [3.8, 4) is 0 Å². The number of rotatable bonds is 1. The minimum absolute atomic E-state index is 0.0524. The second-order valence-corrected chi connectivity index (χ2v) is 3.87. The molecular formula is C9H11NO2S. The van der Waals surface area contributed by atoms with Crippen LogP contribution in [0.5, 0.6) is 0 Å². The van der Waals surface area contributed by atoms with Crippen LogP contribution in [0.15, 0.2) is 11.4 Å². The highest BCUT2D eigenvalue weighted by molar-refractivity contribution is 7.10. The minimum atomic E-state index is -0.381. The summed E-state index contributed by atoms with van der Waals surface area (Å²) >= 11 is 1.59. The topological polar surface area (TPSA) is 38.3 Å². The Kier molecular flexibility index (Phi) is 2.33. The van der Waals surface area contributed by atoms with Gasteiger partial charge in [-0.15, -0.1) is 11.3 Å². The predicted molar refractivity (Wildman–Crippen MR) is 50.8 cm³/mol. The van der Waals surface area contributed by atoms with Gasteiger partial charge in [-0.25, -0.2) is 0 Å². The van der Waals surface area contributed by atoms with E-state index in [1.165, 1.54) is 5.56 Å². The van der Waals surface area contributed by atoms with E-state index in [-0.39, 0.29) is 12.0 Å². The molecule has 0 aliphatic carbocycles. The van der Waals surface area contributed by atoms with Crippen LogP contribution in [0.25, 0.3) is 0 Å². The highest BCUT2D eigenvalue weighted by Gasteiger charge is 2.27. The van der Waals surface area contributed by atoms with Gasteiger partial charge in [0, 0.05) is 11.9 Å². The number of amides is 1. The third kappa shape index (κ3) is 1.47. The second-order valence-electron chi connectivity index (χ2n) is 2.93. The number of hydrogen-bond acceptors (Lipinski definition) is 3. The van der Waals surface area contributed by atoms with E-state index in [2.05, 4.69) is 11.4 Å². The number of carbonyl (C=O) groups is 1. The van der Waals surface area contributed by atoms with Crippen molar-refractivity contribution in [1.82, 2.24) is 5.32 Å². The Bertz CT molecular complexity index is 321. The van der Waals surface area contributed by atoms with Crippen molar-refractivity contribution in [1.29, 1.82) is 0 Å². The SMILES string of the molecule is CNC(=O)C1OCCc2ccsc21. The van der Waals surface area contributed by atoms with Gasteiger partial charge in [0.15, 0.2) is 6.10 Å². The average molecular weight is 197 g/mol. The van der Waals surface area contributed by atoms with Crippen molar-refractivity contribution in [2.75, 3.05) is 13.7 Å². The lowest BCUT2D eigenvalue weighted by Gasteiger charge is -2.21. The molecule has 1 atom stereocenters. The maximum Gasteiger partial charge on any atom is 0.254 e. The zero-order valence-corrected chi connectivity index (χ0v) is 8.19. The van der Waals surface area contributed by atoms with E-state index in [0.717, 1.165) is 11.3 Å². The molecule has 1 aliphatic rings. The molecule has 1 aliphatic heterocycles. The maximum absolute atomic E-state index is 11.4. The van der Waals surface area contributed by atoms with Crippen molar-refractivity contribution >= 4 is 17.2 Å². The first-order chi connectivity index (χ1) is 6.33. The van der Waals surface area contributed by atoms with Crippen LogP contribution in [-0.4, -0.2) is 19.6 Å². The molecule has 1 unspecified atom stereocenters. The summed E-state index contributed by atoms with van der Waals surface area (Å²) in [7, 11) is 1.63. The number of carbonyl (C=O) groups excluding carboxylic acids is 1. The fraction of sp³-hybridized carbons (Fsp3) is 0.444. The zero-order chi connectivity index (χ0) is 9.26. The Labute approximate surface area is 80.7 Å². The van der Waals surface area contributed by atoms with Crippen LogP contribution in [0.1, 0.15) is 16.5 Å². The van der Waals surface area contributed by atoms with Crippen LogP contribution in [-0.2, 0) is 16.0 Å². The second kappa shape index (κ2) is 3.47. The molecule has 0 radical (unpaired) electrons. The smallest absolute Gasteiger partial charge is 0.254 e. The molecule has 70 valence electrons. The standard InChI is InChI=1S/C9H11NO2S/c1-10-9(11)7-8-6(2-4-12-7)3-5-13-8/h3,5,7H,2,4H2,1H3,(H,10,11). The first-order valence-electron chi connectivity index (χ1n) is 4.22. The van der Waals surface area contributed by atoms with Crippen molar-refractivity contribution < 1.29 is 9.53 Å². The van der Waals surface area contributed by atoms with Crippen molar-refractivity contribution in [2.45, 2.75) is 12.5 Å². The molecule has 1 amide bonds. The lowest BCUT2D eigenvalue weighted by Crippen LogP contribution is -2.30. The summed E-state index contributed by atoms with van der Waals surface area (Å²) in [6.07, 6.45) is 0.542. The molecule has 0 fully saturated rings. The predicted octanol–water partition coefficient (Wildman–Crippen LogP) is 1.11. The Hall–Kier alpha value is -0.870. The van der Waals surface area contributed by atoms with Crippen LogP contribution in [0, 0.1) is 0 Å². The van der Waals surface area contributed by atoms with Gasteiger partial charge in [0.2, 0.25) is 0 Å². The first-order valence-corrected chi connectivity index (χ1v) is 5.10. The van der Waals surface area contributed by atoms with Gasteiger partial charge in [0.05, 0.1) is 6.61 Å². The Morgan fingerprint density at radius 3 is 3.38 bits per heavy atom. The third-order valence-electron chi connectivity index (χ3n) is 2.16. The number of fused-ring (bicyclic) bond motifs is 1. The summed E-state index contributed by atoms with van der Waals surface area (Å²) < 4.78 is 5.41. The molecule has 1 aromatic heterocycles. The molecule has 4 heteroatoms. The first kappa shape index (κ1) is 8.72. The molecule has 3 nitrogen and oxygen atoms in total. The number of thiophene rings is 1. The van der Waals surface area contributed by atoms with E-state index >= 15 is 0 Å². The van der Waals surface area contributed by atoms with Gasteiger partial charge in [0.25, 0.3) is 5.91 Å². The van der Waals surface area contributed by atoms with Gasteiger partial charge >= 0.3 is 0 Å². The third-order valence-corrected chi connectivity index (χ3v) is 3.16.